The number of amides is 1. The molecule has 3 heterocycles. The van der Waals surface area contributed by atoms with Crippen LogP contribution in [0.15, 0.2) is 34.8 Å². The molecule has 0 unspecified atom stereocenters. The Hall–Kier alpha value is -2.10. The van der Waals surface area contributed by atoms with E-state index in [9.17, 15) is 13.2 Å². The van der Waals surface area contributed by atoms with Crippen molar-refractivity contribution in [3.8, 4) is 0 Å². The van der Waals surface area contributed by atoms with E-state index in [4.69, 9.17) is 11.6 Å². The maximum absolute atomic E-state index is 12.9. The van der Waals surface area contributed by atoms with Gasteiger partial charge in [-0.3, -0.25) is 13.9 Å². The van der Waals surface area contributed by atoms with Gasteiger partial charge in [-0.1, -0.05) is 17.7 Å². The molecule has 0 spiro atoms. The van der Waals surface area contributed by atoms with Crippen molar-refractivity contribution in [2.75, 3.05) is 11.3 Å². The van der Waals surface area contributed by atoms with E-state index >= 15 is 0 Å². The molecule has 1 aliphatic heterocycles. The summed E-state index contributed by atoms with van der Waals surface area (Å²) in [5.74, 6) is 0.451. The zero-order valence-corrected chi connectivity index (χ0v) is 17.1. The largest absolute Gasteiger partial charge is 0.338 e. The van der Waals surface area contributed by atoms with Gasteiger partial charge in [-0.05, 0) is 42.5 Å². The van der Waals surface area contributed by atoms with Gasteiger partial charge < -0.3 is 4.90 Å². The quantitative estimate of drug-likeness (QED) is 0.681. The predicted octanol–water partition coefficient (Wildman–Crippen LogP) is 3.14. The van der Waals surface area contributed by atoms with E-state index in [2.05, 4.69) is 9.71 Å². The van der Waals surface area contributed by atoms with Gasteiger partial charge in [-0.15, -0.1) is 11.3 Å². The molecule has 1 N–H and O–H groups in total. The summed E-state index contributed by atoms with van der Waals surface area (Å²) >= 11 is 7.38. The number of nitrogens with one attached hydrogen (secondary N) is 1. The topological polar surface area (TPSA) is 83.8 Å². The SMILES string of the molecule is O=C(C1CC1)N1CCc2cc(NS(=O)(=O)c3c(Cl)nc4sccn34)ccc2C1. The van der Waals surface area contributed by atoms with E-state index in [0.29, 0.717) is 30.2 Å². The number of aromatic nitrogens is 2. The van der Waals surface area contributed by atoms with Crippen molar-refractivity contribution < 1.29 is 13.2 Å². The van der Waals surface area contributed by atoms with Gasteiger partial charge in [0.15, 0.2) is 15.1 Å². The van der Waals surface area contributed by atoms with Crippen LogP contribution in [0.1, 0.15) is 24.0 Å². The Kier molecular flexibility index (Phi) is 4.15. The number of halogens is 1. The van der Waals surface area contributed by atoms with Gasteiger partial charge in [0.2, 0.25) is 5.91 Å². The fourth-order valence-corrected chi connectivity index (χ4v) is 6.08. The zero-order chi connectivity index (χ0) is 19.5. The first-order chi connectivity index (χ1) is 13.4. The number of thiazole rings is 1. The van der Waals surface area contributed by atoms with Crippen LogP contribution < -0.4 is 4.72 Å². The number of carbonyl (C=O) groups excluding carboxylic acids is 1. The minimum Gasteiger partial charge on any atom is -0.338 e. The van der Waals surface area contributed by atoms with Gasteiger partial charge in [0.05, 0.1) is 0 Å². The number of carbonyl (C=O) groups is 1. The predicted molar refractivity (Wildman–Crippen MR) is 107 cm³/mol. The van der Waals surface area contributed by atoms with Gasteiger partial charge in [0.1, 0.15) is 0 Å². The molecule has 3 aromatic rings. The average Bonchev–Trinajstić information content (AvgIpc) is 3.33. The first-order valence-electron chi connectivity index (χ1n) is 8.97. The highest BCUT2D eigenvalue weighted by Gasteiger charge is 2.34. The second kappa shape index (κ2) is 6.47. The molecular formula is C18H17ClN4O3S2. The van der Waals surface area contributed by atoms with Crippen molar-refractivity contribution in [3.05, 3.63) is 46.1 Å². The number of nitrogens with zero attached hydrogens (tertiary/aromatic N) is 3. The van der Waals surface area contributed by atoms with Crippen LogP contribution in [0.25, 0.3) is 4.96 Å². The van der Waals surface area contributed by atoms with E-state index in [1.54, 1.807) is 17.6 Å². The van der Waals surface area contributed by atoms with Crippen molar-refractivity contribution in [1.29, 1.82) is 0 Å². The van der Waals surface area contributed by atoms with Crippen LogP contribution in [0.3, 0.4) is 0 Å². The molecule has 28 heavy (non-hydrogen) atoms. The normalized spacial score (nSPS) is 17.0. The molecule has 1 amide bonds. The summed E-state index contributed by atoms with van der Waals surface area (Å²) in [4.78, 5) is 18.8. The number of hydrogen-bond donors (Lipinski definition) is 1. The van der Waals surface area contributed by atoms with Crippen LogP contribution in [0.4, 0.5) is 5.69 Å². The summed E-state index contributed by atoms with van der Waals surface area (Å²) < 4.78 is 29.8. The van der Waals surface area contributed by atoms with Gasteiger partial charge >= 0.3 is 0 Å². The first kappa shape index (κ1) is 18.0. The summed E-state index contributed by atoms with van der Waals surface area (Å²) in [6.45, 7) is 1.25. The van der Waals surface area contributed by atoms with Crippen LogP contribution in [0, 0.1) is 5.92 Å². The Balaban J connectivity index is 1.40. The van der Waals surface area contributed by atoms with E-state index in [-0.39, 0.29) is 22.0 Å². The van der Waals surface area contributed by atoms with Crippen LogP contribution >= 0.6 is 22.9 Å². The number of fused-ring (bicyclic) bond motifs is 2. The van der Waals surface area contributed by atoms with Gasteiger partial charge in [0, 0.05) is 36.3 Å². The zero-order valence-electron chi connectivity index (χ0n) is 14.8. The van der Waals surface area contributed by atoms with E-state index in [0.717, 1.165) is 24.0 Å². The molecule has 1 fully saturated rings. The number of rotatable bonds is 4. The minimum absolute atomic E-state index is 0.0495. The fourth-order valence-electron chi connectivity index (χ4n) is 3.58. The third-order valence-corrected chi connectivity index (χ3v) is 7.68. The molecule has 1 saturated carbocycles. The molecule has 2 aromatic heterocycles. The van der Waals surface area contributed by atoms with Crippen molar-refractivity contribution >= 4 is 49.5 Å². The fraction of sp³-hybridized carbons (Fsp3) is 0.333. The lowest BCUT2D eigenvalue weighted by atomic mass is 9.99. The van der Waals surface area contributed by atoms with Gasteiger partial charge in [-0.2, -0.15) is 8.42 Å². The van der Waals surface area contributed by atoms with E-state index in [1.165, 1.54) is 15.7 Å². The molecule has 2 aliphatic rings. The summed E-state index contributed by atoms with van der Waals surface area (Å²) in [7, 11) is -3.89. The number of imidazole rings is 1. The van der Waals surface area contributed by atoms with Crippen molar-refractivity contribution in [2.45, 2.75) is 30.8 Å². The lowest BCUT2D eigenvalue weighted by molar-refractivity contribution is -0.133. The van der Waals surface area contributed by atoms with Crippen molar-refractivity contribution in [3.63, 3.8) is 0 Å². The lowest BCUT2D eigenvalue weighted by Crippen LogP contribution is -2.36. The molecule has 10 heteroatoms. The maximum atomic E-state index is 12.9. The smallest absolute Gasteiger partial charge is 0.281 e. The number of benzene rings is 1. The summed E-state index contributed by atoms with van der Waals surface area (Å²) in [5.41, 5.74) is 2.59. The van der Waals surface area contributed by atoms with Crippen LogP contribution in [0.2, 0.25) is 5.15 Å². The van der Waals surface area contributed by atoms with Crippen molar-refractivity contribution in [1.82, 2.24) is 14.3 Å². The number of sulfonamides is 1. The Morgan fingerprint density at radius 1 is 1.29 bits per heavy atom. The number of hydrogen-bond acceptors (Lipinski definition) is 5. The third-order valence-electron chi connectivity index (χ3n) is 5.14. The molecule has 0 radical (unpaired) electrons. The van der Waals surface area contributed by atoms with Crippen molar-refractivity contribution in [2.24, 2.45) is 5.92 Å². The molecule has 1 aromatic carbocycles. The Morgan fingerprint density at radius 3 is 2.89 bits per heavy atom. The monoisotopic (exact) mass is 436 g/mol. The highest BCUT2D eigenvalue weighted by Crippen LogP contribution is 2.33. The van der Waals surface area contributed by atoms with Crippen LogP contribution in [-0.4, -0.2) is 35.2 Å². The molecule has 1 aliphatic carbocycles. The Labute approximate surface area is 171 Å². The van der Waals surface area contributed by atoms with Gasteiger partial charge in [0.25, 0.3) is 10.0 Å². The van der Waals surface area contributed by atoms with Crippen LogP contribution in [-0.2, 0) is 27.8 Å². The molecule has 0 bridgehead atoms. The molecule has 0 saturated heterocycles. The second-order valence-electron chi connectivity index (χ2n) is 7.14. The average molecular weight is 437 g/mol. The first-order valence-corrected chi connectivity index (χ1v) is 11.7. The highest BCUT2D eigenvalue weighted by atomic mass is 35.5. The number of anilines is 1. The summed E-state index contributed by atoms with van der Waals surface area (Å²) in [5, 5.41) is 1.64. The Morgan fingerprint density at radius 2 is 2.11 bits per heavy atom. The summed E-state index contributed by atoms with van der Waals surface area (Å²) in [6, 6.07) is 5.45. The highest BCUT2D eigenvalue weighted by molar-refractivity contribution is 7.92. The minimum atomic E-state index is -3.89. The maximum Gasteiger partial charge on any atom is 0.281 e. The van der Waals surface area contributed by atoms with Gasteiger partial charge in [-0.25, -0.2) is 4.98 Å². The molecular weight excluding hydrogens is 420 g/mol. The third kappa shape index (κ3) is 3.07. The standard InChI is InChI=1S/C18H17ClN4O3S2/c19-15-17(23-7-8-27-18(23)20-15)28(25,26)21-14-4-3-13-10-22(6-5-12(13)9-14)16(24)11-1-2-11/h3-4,7-9,11,21H,1-2,5-6,10H2. The van der Waals surface area contributed by atoms with E-state index in [1.807, 2.05) is 17.0 Å². The van der Waals surface area contributed by atoms with E-state index < -0.39 is 10.0 Å². The van der Waals surface area contributed by atoms with Crippen LogP contribution in [0.5, 0.6) is 0 Å². The molecule has 146 valence electrons. The molecule has 7 nitrogen and oxygen atoms in total. The Bertz CT molecular complexity index is 1200. The lowest BCUT2D eigenvalue weighted by Gasteiger charge is -2.29. The summed E-state index contributed by atoms with van der Waals surface area (Å²) in [6.07, 6.45) is 4.34. The second-order valence-corrected chi connectivity index (χ2v) is 9.97. The molecule has 0 atom stereocenters. The molecule has 5 rings (SSSR count).